The van der Waals surface area contributed by atoms with Crippen LogP contribution in [0.3, 0.4) is 0 Å². The van der Waals surface area contributed by atoms with Gasteiger partial charge < -0.3 is 19.5 Å². The molecule has 0 bridgehead atoms. The molecule has 3 rings (SSSR count). The van der Waals surface area contributed by atoms with Crippen LogP contribution in [0.5, 0.6) is 11.5 Å². The van der Waals surface area contributed by atoms with Gasteiger partial charge in [0.15, 0.2) is 6.61 Å². The molecule has 0 saturated carbocycles. The molecule has 6 heteroatoms. The van der Waals surface area contributed by atoms with Crippen LogP contribution >= 0.6 is 0 Å². The van der Waals surface area contributed by atoms with Crippen molar-refractivity contribution in [3.05, 3.63) is 66.2 Å². The SMILES string of the molecule is COc1ccc(NC(=O)COC(=O)Cc2cccc3ccccc23)c(OC)c1. The zero-order chi connectivity index (χ0) is 19.9. The molecule has 6 nitrogen and oxygen atoms in total. The fraction of sp³-hybridized carbons (Fsp3) is 0.182. The topological polar surface area (TPSA) is 73.9 Å². The molecule has 3 aromatic rings. The Morgan fingerprint density at radius 3 is 2.50 bits per heavy atom. The highest BCUT2D eigenvalue weighted by Gasteiger charge is 2.13. The number of ether oxygens (including phenoxy) is 3. The van der Waals surface area contributed by atoms with Crippen molar-refractivity contribution >= 4 is 28.3 Å². The van der Waals surface area contributed by atoms with Crippen LogP contribution in [-0.2, 0) is 20.7 Å². The maximum absolute atomic E-state index is 12.2. The van der Waals surface area contributed by atoms with Crippen molar-refractivity contribution in [2.45, 2.75) is 6.42 Å². The smallest absolute Gasteiger partial charge is 0.310 e. The van der Waals surface area contributed by atoms with Crippen LogP contribution in [0.1, 0.15) is 5.56 Å². The minimum absolute atomic E-state index is 0.0977. The Bertz CT molecular complexity index is 994. The predicted octanol–water partition coefficient (Wildman–Crippen LogP) is 3.58. The van der Waals surface area contributed by atoms with Crippen molar-refractivity contribution in [3.8, 4) is 11.5 Å². The Morgan fingerprint density at radius 1 is 0.929 bits per heavy atom. The van der Waals surface area contributed by atoms with Crippen LogP contribution in [-0.4, -0.2) is 32.7 Å². The summed E-state index contributed by atoms with van der Waals surface area (Å²) in [6, 6.07) is 18.6. The van der Waals surface area contributed by atoms with Crippen molar-refractivity contribution in [1.82, 2.24) is 0 Å². The molecule has 0 aliphatic heterocycles. The Hall–Kier alpha value is -3.54. The molecule has 0 spiro atoms. The van der Waals surface area contributed by atoms with Gasteiger partial charge in [-0.1, -0.05) is 42.5 Å². The third-order valence-electron chi connectivity index (χ3n) is 4.26. The lowest BCUT2D eigenvalue weighted by atomic mass is 10.0. The second kappa shape index (κ2) is 8.90. The van der Waals surface area contributed by atoms with Crippen molar-refractivity contribution < 1.29 is 23.8 Å². The van der Waals surface area contributed by atoms with Crippen LogP contribution < -0.4 is 14.8 Å². The number of benzene rings is 3. The summed E-state index contributed by atoms with van der Waals surface area (Å²) in [4.78, 5) is 24.3. The van der Waals surface area contributed by atoms with Gasteiger partial charge in [0.2, 0.25) is 0 Å². The molecule has 28 heavy (non-hydrogen) atoms. The molecule has 0 unspecified atom stereocenters. The molecule has 0 aliphatic rings. The quantitative estimate of drug-likeness (QED) is 0.635. The van der Waals surface area contributed by atoms with Gasteiger partial charge in [0.1, 0.15) is 11.5 Å². The first-order chi connectivity index (χ1) is 13.6. The van der Waals surface area contributed by atoms with E-state index in [0.717, 1.165) is 16.3 Å². The highest BCUT2D eigenvalue weighted by atomic mass is 16.5. The number of nitrogens with one attached hydrogen (secondary N) is 1. The molecule has 0 heterocycles. The van der Waals surface area contributed by atoms with Gasteiger partial charge in [0.25, 0.3) is 5.91 Å². The minimum Gasteiger partial charge on any atom is -0.497 e. The number of anilines is 1. The molecular formula is C22H21NO5. The van der Waals surface area contributed by atoms with E-state index in [-0.39, 0.29) is 13.0 Å². The van der Waals surface area contributed by atoms with Crippen molar-refractivity contribution in [2.24, 2.45) is 0 Å². The highest BCUT2D eigenvalue weighted by Crippen LogP contribution is 2.28. The first-order valence-corrected chi connectivity index (χ1v) is 8.75. The summed E-state index contributed by atoms with van der Waals surface area (Å²) >= 11 is 0. The van der Waals surface area contributed by atoms with Crippen LogP contribution in [0.25, 0.3) is 10.8 Å². The summed E-state index contributed by atoms with van der Waals surface area (Å²) in [5.41, 5.74) is 1.33. The van der Waals surface area contributed by atoms with E-state index in [2.05, 4.69) is 5.32 Å². The summed E-state index contributed by atoms with van der Waals surface area (Å²) in [6.45, 7) is -0.376. The molecule has 0 atom stereocenters. The minimum atomic E-state index is -0.465. The van der Waals surface area contributed by atoms with E-state index in [1.165, 1.54) is 7.11 Å². The lowest BCUT2D eigenvalue weighted by Crippen LogP contribution is -2.22. The number of esters is 1. The fourth-order valence-corrected chi connectivity index (χ4v) is 2.89. The van der Waals surface area contributed by atoms with E-state index < -0.39 is 11.9 Å². The maximum Gasteiger partial charge on any atom is 0.310 e. The average molecular weight is 379 g/mol. The molecular weight excluding hydrogens is 358 g/mol. The number of hydrogen-bond donors (Lipinski definition) is 1. The van der Waals surface area contributed by atoms with Crippen molar-refractivity contribution in [2.75, 3.05) is 26.1 Å². The highest BCUT2D eigenvalue weighted by molar-refractivity contribution is 5.95. The van der Waals surface area contributed by atoms with Crippen LogP contribution in [0.15, 0.2) is 60.7 Å². The van der Waals surface area contributed by atoms with E-state index >= 15 is 0 Å². The van der Waals surface area contributed by atoms with E-state index in [9.17, 15) is 9.59 Å². The van der Waals surface area contributed by atoms with Gasteiger partial charge in [0, 0.05) is 6.07 Å². The average Bonchev–Trinajstić information content (AvgIpc) is 2.73. The Balaban J connectivity index is 1.58. The third kappa shape index (κ3) is 4.59. The van der Waals surface area contributed by atoms with E-state index in [4.69, 9.17) is 14.2 Å². The number of fused-ring (bicyclic) bond motifs is 1. The molecule has 144 valence electrons. The second-order valence-corrected chi connectivity index (χ2v) is 6.09. The standard InChI is InChI=1S/C22H21NO5/c1-26-17-10-11-19(20(13-17)27-2)23-21(24)14-28-22(25)12-16-8-5-7-15-6-3-4-9-18(15)16/h3-11,13H,12,14H2,1-2H3,(H,23,24). The first-order valence-electron chi connectivity index (χ1n) is 8.75. The monoisotopic (exact) mass is 379 g/mol. The van der Waals surface area contributed by atoms with Crippen molar-refractivity contribution in [1.29, 1.82) is 0 Å². The zero-order valence-electron chi connectivity index (χ0n) is 15.7. The number of amides is 1. The van der Waals surface area contributed by atoms with Crippen LogP contribution in [0.4, 0.5) is 5.69 Å². The predicted molar refractivity (Wildman–Crippen MR) is 107 cm³/mol. The number of carbonyl (C=O) groups is 2. The summed E-state index contributed by atoms with van der Waals surface area (Å²) < 4.78 is 15.5. The molecule has 1 N–H and O–H groups in total. The summed E-state index contributed by atoms with van der Waals surface area (Å²) in [5.74, 6) is 0.147. The number of rotatable bonds is 7. The largest absolute Gasteiger partial charge is 0.497 e. The molecule has 0 aliphatic carbocycles. The van der Waals surface area contributed by atoms with Gasteiger partial charge in [-0.05, 0) is 28.5 Å². The van der Waals surface area contributed by atoms with E-state index in [0.29, 0.717) is 17.2 Å². The summed E-state index contributed by atoms with van der Waals surface area (Å²) in [7, 11) is 3.04. The maximum atomic E-state index is 12.2. The van der Waals surface area contributed by atoms with Gasteiger partial charge >= 0.3 is 5.97 Å². The Morgan fingerprint density at radius 2 is 1.71 bits per heavy atom. The lowest BCUT2D eigenvalue weighted by Gasteiger charge is -2.12. The molecule has 0 saturated heterocycles. The fourth-order valence-electron chi connectivity index (χ4n) is 2.89. The van der Waals surface area contributed by atoms with Gasteiger partial charge in [-0.25, -0.2) is 0 Å². The van der Waals surface area contributed by atoms with E-state index in [1.807, 2.05) is 42.5 Å². The van der Waals surface area contributed by atoms with Crippen molar-refractivity contribution in [3.63, 3.8) is 0 Å². The molecule has 0 fully saturated rings. The molecule has 0 aromatic heterocycles. The molecule has 0 radical (unpaired) electrons. The lowest BCUT2D eigenvalue weighted by molar-refractivity contribution is -0.146. The molecule has 3 aromatic carbocycles. The molecule has 1 amide bonds. The Labute approximate surface area is 163 Å². The summed E-state index contributed by atoms with van der Waals surface area (Å²) in [5, 5.41) is 4.71. The second-order valence-electron chi connectivity index (χ2n) is 6.09. The van der Waals surface area contributed by atoms with Gasteiger partial charge in [0.05, 0.1) is 26.3 Å². The third-order valence-corrected chi connectivity index (χ3v) is 4.26. The van der Waals surface area contributed by atoms with E-state index in [1.54, 1.807) is 25.3 Å². The number of carbonyl (C=O) groups excluding carboxylic acids is 2. The number of methoxy groups -OCH3 is 2. The normalized spacial score (nSPS) is 10.4. The van der Waals surface area contributed by atoms with Crippen LogP contribution in [0.2, 0.25) is 0 Å². The first kappa shape index (κ1) is 19.2. The van der Waals surface area contributed by atoms with Gasteiger partial charge in [-0.15, -0.1) is 0 Å². The number of hydrogen-bond acceptors (Lipinski definition) is 5. The zero-order valence-corrected chi connectivity index (χ0v) is 15.7. The van der Waals surface area contributed by atoms with Gasteiger partial charge in [-0.2, -0.15) is 0 Å². The summed E-state index contributed by atoms with van der Waals surface area (Å²) in [6.07, 6.45) is 0.0977. The van der Waals surface area contributed by atoms with Crippen LogP contribution in [0, 0.1) is 0 Å². The van der Waals surface area contributed by atoms with Gasteiger partial charge in [-0.3, -0.25) is 9.59 Å². The Kier molecular flexibility index (Phi) is 6.11.